The van der Waals surface area contributed by atoms with Crippen LogP contribution in [0, 0.1) is 16.7 Å². The second kappa shape index (κ2) is 6.20. The van der Waals surface area contributed by atoms with E-state index in [9.17, 15) is 0 Å². The summed E-state index contributed by atoms with van der Waals surface area (Å²) in [6.45, 7) is 12.6. The Labute approximate surface area is 132 Å². The molecule has 0 aromatic rings. The van der Waals surface area contributed by atoms with E-state index in [0.717, 1.165) is 12.0 Å². The van der Waals surface area contributed by atoms with Gasteiger partial charge in [0.2, 0.25) is 0 Å². The standard InChI is InChI=1S/C19H36N2/c1-18(2,3)16-8-12-21(13-9-16)15-19(10-4-5-11-19)14-20-17-6-7-17/h16-17,20H,4-15H2,1-3H3. The Kier molecular flexibility index (Phi) is 4.66. The highest BCUT2D eigenvalue weighted by molar-refractivity contribution is 4.93. The van der Waals surface area contributed by atoms with E-state index in [1.165, 1.54) is 77.5 Å². The van der Waals surface area contributed by atoms with Crippen LogP contribution in [0.1, 0.15) is 72.1 Å². The maximum atomic E-state index is 3.84. The minimum atomic E-state index is 0.505. The summed E-state index contributed by atoms with van der Waals surface area (Å²) in [7, 11) is 0. The van der Waals surface area contributed by atoms with Crippen molar-refractivity contribution in [2.24, 2.45) is 16.7 Å². The van der Waals surface area contributed by atoms with Gasteiger partial charge in [0.05, 0.1) is 0 Å². The van der Waals surface area contributed by atoms with Crippen molar-refractivity contribution in [2.45, 2.75) is 78.2 Å². The number of hydrogen-bond acceptors (Lipinski definition) is 2. The first kappa shape index (κ1) is 15.8. The first-order valence-electron chi connectivity index (χ1n) is 9.43. The van der Waals surface area contributed by atoms with Gasteiger partial charge in [-0.2, -0.15) is 0 Å². The highest BCUT2D eigenvalue weighted by Gasteiger charge is 2.38. The van der Waals surface area contributed by atoms with Crippen molar-refractivity contribution in [3.8, 4) is 0 Å². The molecule has 1 aliphatic heterocycles. The molecule has 1 saturated heterocycles. The van der Waals surface area contributed by atoms with Gasteiger partial charge in [-0.25, -0.2) is 0 Å². The molecule has 3 aliphatic rings. The zero-order valence-corrected chi connectivity index (χ0v) is 14.6. The number of likely N-dealkylation sites (tertiary alicyclic amines) is 1. The minimum Gasteiger partial charge on any atom is -0.313 e. The van der Waals surface area contributed by atoms with Gasteiger partial charge in [0.1, 0.15) is 0 Å². The SMILES string of the molecule is CC(C)(C)C1CCN(CC2(CNC3CC3)CCCC2)CC1. The average molecular weight is 293 g/mol. The molecule has 3 fully saturated rings. The van der Waals surface area contributed by atoms with Gasteiger partial charge in [-0.05, 0) is 68.4 Å². The van der Waals surface area contributed by atoms with Gasteiger partial charge in [-0.15, -0.1) is 0 Å². The molecule has 2 aliphatic carbocycles. The Morgan fingerprint density at radius 1 is 1.00 bits per heavy atom. The molecule has 0 aromatic carbocycles. The van der Waals surface area contributed by atoms with Crippen molar-refractivity contribution in [1.82, 2.24) is 10.2 Å². The molecule has 2 saturated carbocycles. The van der Waals surface area contributed by atoms with E-state index in [1.807, 2.05) is 0 Å². The lowest BCUT2D eigenvalue weighted by atomic mass is 9.75. The molecule has 2 nitrogen and oxygen atoms in total. The molecule has 122 valence electrons. The summed E-state index contributed by atoms with van der Waals surface area (Å²) in [6.07, 6.45) is 11.5. The van der Waals surface area contributed by atoms with Crippen LogP contribution in [0.5, 0.6) is 0 Å². The molecule has 0 radical (unpaired) electrons. The highest BCUT2D eigenvalue weighted by Crippen LogP contribution is 2.41. The van der Waals surface area contributed by atoms with Crippen LogP contribution in [0.15, 0.2) is 0 Å². The molecule has 3 rings (SSSR count). The number of nitrogens with zero attached hydrogens (tertiary/aromatic N) is 1. The van der Waals surface area contributed by atoms with Crippen molar-refractivity contribution >= 4 is 0 Å². The predicted octanol–water partition coefficient (Wildman–Crippen LogP) is 4.06. The molecule has 0 atom stereocenters. The molecular formula is C19H36N2. The van der Waals surface area contributed by atoms with Gasteiger partial charge in [0, 0.05) is 19.1 Å². The molecule has 21 heavy (non-hydrogen) atoms. The lowest BCUT2D eigenvalue weighted by Crippen LogP contribution is -2.46. The highest BCUT2D eigenvalue weighted by atomic mass is 15.1. The van der Waals surface area contributed by atoms with E-state index in [4.69, 9.17) is 0 Å². The number of piperidine rings is 1. The summed E-state index contributed by atoms with van der Waals surface area (Å²) in [6, 6.07) is 0.870. The minimum absolute atomic E-state index is 0.505. The Bertz CT molecular complexity index is 326. The summed E-state index contributed by atoms with van der Waals surface area (Å²) in [5.41, 5.74) is 1.11. The summed E-state index contributed by atoms with van der Waals surface area (Å²) < 4.78 is 0. The summed E-state index contributed by atoms with van der Waals surface area (Å²) in [4.78, 5) is 2.79. The van der Waals surface area contributed by atoms with Crippen LogP contribution >= 0.6 is 0 Å². The third kappa shape index (κ3) is 4.22. The molecular weight excluding hydrogens is 256 g/mol. The topological polar surface area (TPSA) is 15.3 Å². The van der Waals surface area contributed by atoms with Gasteiger partial charge in [-0.1, -0.05) is 33.6 Å². The Morgan fingerprint density at radius 2 is 1.62 bits per heavy atom. The average Bonchev–Trinajstić information content (AvgIpc) is 3.16. The maximum Gasteiger partial charge on any atom is 0.00684 e. The fourth-order valence-corrected chi connectivity index (χ4v) is 4.60. The monoisotopic (exact) mass is 292 g/mol. The van der Waals surface area contributed by atoms with Gasteiger partial charge < -0.3 is 10.2 Å². The zero-order chi connectivity index (χ0) is 14.9. The van der Waals surface area contributed by atoms with Crippen molar-refractivity contribution in [3.05, 3.63) is 0 Å². The molecule has 1 heterocycles. The van der Waals surface area contributed by atoms with E-state index in [-0.39, 0.29) is 0 Å². The van der Waals surface area contributed by atoms with E-state index < -0.39 is 0 Å². The van der Waals surface area contributed by atoms with Crippen molar-refractivity contribution in [1.29, 1.82) is 0 Å². The summed E-state index contributed by atoms with van der Waals surface area (Å²) in [5, 5.41) is 3.84. The predicted molar refractivity (Wildman–Crippen MR) is 90.5 cm³/mol. The third-order valence-corrected chi connectivity index (χ3v) is 6.38. The quantitative estimate of drug-likeness (QED) is 0.822. The maximum absolute atomic E-state index is 3.84. The first-order chi connectivity index (χ1) is 9.97. The summed E-state index contributed by atoms with van der Waals surface area (Å²) >= 11 is 0. The van der Waals surface area contributed by atoms with Crippen LogP contribution in [0.3, 0.4) is 0 Å². The first-order valence-corrected chi connectivity index (χ1v) is 9.43. The van der Waals surface area contributed by atoms with Gasteiger partial charge in [0.25, 0.3) is 0 Å². The molecule has 0 unspecified atom stereocenters. The fourth-order valence-electron chi connectivity index (χ4n) is 4.60. The van der Waals surface area contributed by atoms with E-state index in [2.05, 4.69) is 31.0 Å². The fraction of sp³-hybridized carbons (Fsp3) is 1.00. The van der Waals surface area contributed by atoms with E-state index in [0.29, 0.717) is 10.8 Å². The zero-order valence-electron chi connectivity index (χ0n) is 14.6. The van der Waals surface area contributed by atoms with Crippen molar-refractivity contribution < 1.29 is 0 Å². The molecule has 0 aromatic heterocycles. The molecule has 2 heteroatoms. The van der Waals surface area contributed by atoms with Crippen LogP contribution in [0.25, 0.3) is 0 Å². The number of nitrogens with one attached hydrogen (secondary N) is 1. The summed E-state index contributed by atoms with van der Waals surface area (Å²) in [5.74, 6) is 0.929. The van der Waals surface area contributed by atoms with Crippen LogP contribution in [-0.2, 0) is 0 Å². The Balaban J connectivity index is 1.50. The van der Waals surface area contributed by atoms with Crippen LogP contribution in [0.2, 0.25) is 0 Å². The molecule has 1 N–H and O–H groups in total. The number of hydrogen-bond donors (Lipinski definition) is 1. The van der Waals surface area contributed by atoms with E-state index >= 15 is 0 Å². The second-order valence-electron chi connectivity index (χ2n) is 9.28. The lowest BCUT2D eigenvalue weighted by molar-refractivity contribution is 0.0748. The Morgan fingerprint density at radius 3 is 2.14 bits per heavy atom. The van der Waals surface area contributed by atoms with Crippen LogP contribution in [-0.4, -0.2) is 37.1 Å². The largest absolute Gasteiger partial charge is 0.313 e. The smallest absolute Gasteiger partial charge is 0.00684 e. The normalized spacial score (nSPS) is 28.1. The number of rotatable bonds is 5. The van der Waals surface area contributed by atoms with Crippen LogP contribution in [0.4, 0.5) is 0 Å². The van der Waals surface area contributed by atoms with Gasteiger partial charge in [-0.3, -0.25) is 0 Å². The van der Waals surface area contributed by atoms with Crippen molar-refractivity contribution in [3.63, 3.8) is 0 Å². The molecule has 0 bridgehead atoms. The van der Waals surface area contributed by atoms with Crippen molar-refractivity contribution in [2.75, 3.05) is 26.2 Å². The van der Waals surface area contributed by atoms with Gasteiger partial charge in [0.15, 0.2) is 0 Å². The molecule has 0 amide bonds. The molecule has 0 spiro atoms. The second-order valence-corrected chi connectivity index (χ2v) is 9.28. The van der Waals surface area contributed by atoms with E-state index in [1.54, 1.807) is 0 Å². The van der Waals surface area contributed by atoms with Gasteiger partial charge >= 0.3 is 0 Å². The Hall–Kier alpha value is -0.0800. The van der Waals surface area contributed by atoms with Crippen LogP contribution < -0.4 is 5.32 Å². The lowest BCUT2D eigenvalue weighted by Gasteiger charge is -2.42. The third-order valence-electron chi connectivity index (χ3n) is 6.38.